The monoisotopic (exact) mass is 283 g/mol. The van der Waals surface area contributed by atoms with Crippen LogP contribution < -0.4 is 11.1 Å². The van der Waals surface area contributed by atoms with Gasteiger partial charge in [-0.15, -0.1) is 0 Å². The highest BCUT2D eigenvalue weighted by Gasteiger charge is 2.33. The first kappa shape index (κ1) is 17.4. The zero-order valence-electron chi connectivity index (χ0n) is 13.7. The van der Waals surface area contributed by atoms with Crippen molar-refractivity contribution < 1.29 is 4.79 Å². The number of primary amides is 1. The van der Waals surface area contributed by atoms with Crippen molar-refractivity contribution in [2.75, 3.05) is 19.6 Å². The highest BCUT2D eigenvalue weighted by atomic mass is 16.1. The molecule has 1 aliphatic rings. The van der Waals surface area contributed by atoms with E-state index in [1.807, 2.05) is 13.8 Å². The average Bonchev–Trinajstić information content (AvgIpc) is 2.63. The fourth-order valence-electron chi connectivity index (χ4n) is 3.41. The maximum Gasteiger partial charge on any atom is 0.237 e. The number of likely N-dealkylation sites (N-methyl/N-ethyl adjacent to an activating group) is 1. The van der Waals surface area contributed by atoms with Crippen LogP contribution in [0, 0.1) is 5.92 Å². The van der Waals surface area contributed by atoms with Crippen molar-refractivity contribution in [3.05, 3.63) is 0 Å². The minimum atomic E-state index is -0.593. The van der Waals surface area contributed by atoms with Crippen LogP contribution in [0.3, 0.4) is 0 Å². The van der Waals surface area contributed by atoms with E-state index in [1.54, 1.807) is 0 Å². The van der Waals surface area contributed by atoms with E-state index >= 15 is 0 Å². The second-order valence-corrected chi connectivity index (χ2v) is 6.52. The number of nitrogens with zero attached hydrogens (tertiary/aromatic N) is 1. The van der Waals surface area contributed by atoms with Crippen molar-refractivity contribution in [3.8, 4) is 0 Å². The molecule has 1 aliphatic heterocycles. The Morgan fingerprint density at radius 2 is 2.10 bits per heavy atom. The fraction of sp³-hybridized carbons (Fsp3) is 0.938. The largest absolute Gasteiger partial charge is 0.368 e. The molecule has 1 amide bonds. The first-order chi connectivity index (χ1) is 9.42. The van der Waals surface area contributed by atoms with Crippen LogP contribution in [0.2, 0.25) is 0 Å². The molecule has 4 heteroatoms. The molecule has 3 N–H and O–H groups in total. The topological polar surface area (TPSA) is 58.4 Å². The lowest BCUT2D eigenvalue weighted by Gasteiger charge is -2.35. The van der Waals surface area contributed by atoms with Gasteiger partial charge in [0.1, 0.15) is 0 Å². The van der Waals surface area contributed by atoms with Crippen LogP contribution in [0.1, 0.15) is 59.8 Å². The summed E-state index contributed by atoms with van der Waals surface area (Å²) in [5, 5.41) is 3.26. The van der Waals surface area contributed by atoms with E-state index in [1.165, 1.54) is 25.7 Å². The molecule has 0 aliphatic carbocycles. The van der Waals surface area contributed by atoms with E-state index in [4.69, 9.17) is 5.73 Å². The fourth-order valence-corrected chi connectivity index (χ4v) is 3.41. The first-order valence-corrected chi connectivity index (χ1v) is 8.22. The lowest BCUT2D eigenvalue weighted by atomic mass is 9.92. The summed E-state index contributed by atoms with van der Waals surface area (Å²) in [6, 6.07) is 0.391. The van der Waals surface area contributed by atoms with Gasteiger partial charge in [0, 0.05) is 6.04 Å². The van der Waals surface area contributed by atoms with Gasteiger partial charge in [0.05, 0.1) is 5.54 Å². The van der Waals surface area contributed by atoms with Gasteiger partial charge in [0.15, 0.2) is 0 Å². The molecule has 0 bridgehead atoms. The third kappa shape index (κ3) is 4.74. The summed E-state index contributed by atoms with van der Waals surface area (Å²) in [5.74, 6) is 0.635. The first-order valence-electron chi connectivity index (χ1n) is 8.22. The van der Waals surface area contributed by atoms with Crippen molar-refractivity contribution in [2.24, 2.45) is 11.7 Å². The number of nitrogens with one attached hydrogen (secondary N) is 1. The molecule has 0 aromatic rings. The van der Waals surface area contributed by atoms with Gasteiger partial charge in [-0.3, -0.25) is 4.79 Å². The van der Waals surface area contributed by atoms with Crippen LogP contribution in [0.5, 0.6) is 0 Å². The van der Waals surface area contributed by atoms with Crippen molar-refractivity contribution >= 4 is 5.91 Å². The Balaban J connectivity index is 2.60. The third-order valence-corrected chi connectivity index (χ3v) is 4.90. The molecular formula is C16H33N3O. The summed E-state index contributed by atoms with van der Waals surface area (Å²) < 4.78 is 0. The van der Waals surface area contributed by atoms with E-state index in [0.29, 0.717) is 6.04 Å². The van der Waals surface area contributed by atoms with Crippen LogP contribution in [0.25, 0.3) is 0 Å². The number of carbonyl (C=O) groups excluding carboxylic acids is 1. The molecule has 3 unspecified atom stereocenters. The number of amides is 1. The van der Waals surface area contributed by atoms with Crippen LogP contribution in [0.15, 0.2) is 0 Å². The molecule has 1 saturated heterocycles. The van der Waals surface area contributed by atoms with Gasteiger partial charge >= 0.3 is 0 Å². The summed E-state index contributed by atoms with van der Waals surface area (Å²) in [7, 11) is 0. The molecule has 1 heterocycles. The van der Waals surface area contributed by atoms with Gasteiger partial charge in [-0.2, -0.15) is 0 Å². The SMILES string of the molecule is CCNC(C)(CC(C)N1CCCC(CC)CC1)C(N)=O. The summed E-state index contributed by atoms with van der Waals surface area (Å²) in [4.78, 5) is 14.3. The van der Waals surface area contributed by atoms with Gasteiger partial charge in [-0.1, -0.05) is 20.3 Å². The Morgan fingerprint density at radius 1 is 1.40 bits per heavy atom. The van der Waals surface area contributed by atoms with Gasteiger partial charge in [-0.25, -0.2) is 0 Å². The Morgan fingerprint density at radius 3 is 2.65 bits per heavy atom. The molecule has 0 saturated carbocycles. The Hall–Kier alpha value is -0.610. The van der Waals surface area contributed by atoms with Crippen molar-refractivity contribution in [1.29, 1.82) is 0 Å². The molecule has 0 radical (unpaired) electrons. The quantitative estimate of drug-likeness (QED) is 0.752. The molecule has 20 heavy (non-hydrogen) atoms. The lowest BCUT2D eigenvalue weighted by Crippen LogP contribution is -2.56. The normalized spacial score (nSPS) is 25.7. The molecule has 4 nitrogen and oxygen atoms in total. The van der Waals surface area contributed by atoms with Gasteiger partial charge in [0.25, 0.3) is 0 Å². The number of hydrogen-bond donors (Lipinski definition) is 2. The minimum Gasteiger partial charge on any atom is -0.368 e. The van der Waals surface area contributed by atoms with Crippen LogP contribution in [0.4, 0.5) is 0 Å². The highest BCUT2D eigenvalue weighted by molar-refractivity contribution is 5.84. The predicted molar refractivity (Wildman–Crippen MR) is 84.6 cm³/mol. The average molecular weight is 283 g/mol. The maximum absolute atomic E-state index is 11.7. The number of likely N-dealkylation sites (tertiary alicyclic amines) is 1. The minimum absolute atomic E-state index is 0.243. The van der Waals surface area contributed by atoms with Gasteiger partial charge in [-0.05, 0) is 65.1 Å². The number of nitrogens with two attached hydrogens (primary N) is 1. The number of carbonyl (C=O) groups is 1. The lowest BCUT2D eigenvalue weighted by molar-refractivity contribution is -0.124. The van der Waals surface area contributed by atoms with E-state index in [0.717, 1.165) is 32.0 Å². The second kappa shape index (κ2) is 7.99. The maximum atomic E-state index is 11.7. The van der Waals surface area contributed by atoms with E-state index in [2.05, 4.69) is 24.1 Å². The smallest absolute Gasteiger partial charge is 0.237 e. The molecule has 0 spiro atoms. The Labute approximate surface area is 124 Å². The molecule has 3 atom stereocenters. The van der Waals surface area contributed by atoms with E-state index in [-0.39, 0.29) is 5.91 Å². The summed E-state index contributed by atoms with van der Waals surface area (Å²) in [6.45, 7) is 11.5. The number of hydrogen-bond acceptors (Lipinski definition) is 3. The molecule has 118 valence electrons. The molecular weight excluding hydrogens is 250 g/mol. The zero-order chi connectivity index (χ0) is 15.2. The molecule has 0 aromatic heterocycles. The standard InChI is InChI=1S/C16H33N3O/c1-5-14-8-7-10-19(11-9-14)13(3)12-16(4,15(17)20)18-6-2/h13-14,18H,5-12H2,1-4H3,(H2,17,20). The summed E-state index contributed by atoms with van der Waals surface area (Å²) >= 11 is 0. The molecule has 1 rings (SSSR count). The summed E-state index contributed by atoms with van der Waals surface area (Å²) in [6.07, 6.45) is 5.98. The van der Waals surface area contributed by atoms with Crippen molar-refractivity contribution in [2.45, 2.75) is 71.4 Å². The predicted octanol–water partition coefficient (Wildman–Crippen LogP) is 2.13. The number of rotatable bonds is 7. The van der Waals surface area contributed by atoms with E-state index in [9.17, 15) is 4.79 Å². The Bertz CT molecular complexity index is 308. The van der Waals surface area contributed by atoms with Crippen LogP contribution in [-0.4, -0.2) is 42.0 Å². The molecule has 1 fully saturated rings. The zero-order valence-corrected chi connectivity index (χ0v) is 13.7. The highest BCUT2D eigenvalue weighted by Crippen LogP contribution is 2.24. The van der Waals surface area contributed by atoms with Crippen LogP contribution >= 0.6 is 0 Å². The second-order valence-electron chi connectivity index (χ2n) is 6.52. The van der Waals surface area contributed by atoms with Gasteiger partial charge < -0.3 is 16.0 Å². The van der Waals surface area contributed by atoms with Crippen molar-refractivity contribution in [3.63, 3.8) is 0 Å². The van der Waals surface area contributed by atoms with Crippen molar-refractivity contribution in [1.82, 2.24) is 10.2 Å². The molecule has 0 aromatic carbocycles. The van der Waals surface area contributed by atoms with Gasteiger partial charge in [0.2, 0.25) is 5.91 Å². The van der Waals surface area contributed by atoms with E-state index < -0.39 is 5.54 Å². The Kier molecular flexibility index (Phi) is 6.96. The third-order valence-electron chi connectivity index (χ3n) is 4.90. The summed E-state index contributed by atoms with van der Waals surface area (Å²) in [5.41, 5.74) is 5.00. The van der Waals surface area contributed by atoms with Crippen LogP contribution in [-0.2, 0) is 4.79 Å².